The highest BCUT2D eigenvalue weighted by Gasteiger charge is 2.38. The molecule has 46 valence electrons. The third-order valence-electron chi connectivity index (χ3n) is 2.26. The molecule has 1 aliphatic carbocycles. The first-order chi connectivity index (χ1) is 3.86. The predicted octanol–water partition coefficient (Wildman–Crippen LogP) is 0.122. The average molecular weight is 113 g/mol. The van der Waals surface area contributed by atoms with Gasteiger partial charge in [0.2, 0.25) is 0 Å². The highest BCUT2D eigenvalue weighted by Crippen LogP contribution is 2.36. The number of rotatable bonds is 0. The molecule has 0 aromatic rings. The van der Waals surface area contributed by atoms with Crippen LogP contribution in [0.2, 0.25) is 0 Å². The van der Waals surface area contributed by atoms with Crippen molar-refractivity contribution in [1.82, 2.24) is 0 Å². The molecule has 2 aliphatic heterocycles. The van der Waals surface area contributed by atoms with Crippen molar-refractivity contribution >= 4 is 0 Å². The van der Waals surface area contributed by atoms with Gasteiger partial charge in [-0.25, -0.2) is 0 Å². The fourth-order valence-electron chi connectivity index (χ4n) is 1.48. The average Bonchev–Trinajstić information content (AvgIpc) is 1.62. The molecule has 3 fully saturated rings. The largest absolute Gasteiger partial charge is 0.377 e. The van der Waals surface area contributed by atoms with E-state index in [1.807, 2.05) is 0 Å². The number of ether oxygens (including phenoxy) is 1. The third kappa shape index (κ3) is 0.501. The van der Waals surface area contributed by atoms with Crippen LogP contribution in [-0.4, -0.2) is 18.8 Å². The molecule has 2 heteroatoms. The van der Waals surface area contributed by atoms with Crippen molar-refractivity contribution in [3.05, 3.63) is 0 Å². The third-order valence-corrected chi connectivity index (χ3v) is 2.26. The van der Waals surface area contributed by atoms with Crippen LogP contribution in [0.1, 0.15) is 12.8 Å². The van der Waals surface area contributed by atoms with Crippen molar-refractivity contribution in [2.75, 3.05) is 6.61 Å². The molecule has 1 saturated carbocycles. The second-order valence-corrected chi connectivity index (χ2v) is 2.85. The van der Waals surface area contributed by atoms with Crippen LogP contribution in [0.5, 0.6) is 0 Å². The highest BCUT2D eigenvalue weighted by molar-refractivity contribution is 4.91. The van der Waals surface area contributed by atoms with Crippen molar-refractivity contribution < 1.29 is 4.74 Å². The maximum atomic E-state index is 5.69. The maximum Gasteiger partial charge on any atom is 0.0624 e. The normalized spacial score (nSPS) is 52.9. The van der Waals surface area contributed by atoms with E-state index in [2.05, 4.69) is 0 Å². The van der Waals surface area contributed by atoms with E-state index in [0.29, 0.717) is 12.1 Å². The fourth-order valence-corrected chi connectivity index (χ4v) is 1.48. The van der Waals surface area contributed by atoms with Crippen molar-refractivity contribution in [3.63, 3.8) is 0 Å². The summed E-state index contributed by atoms with van der Waals surface area (Å²) in [6, 6.07) is 0.347. The Labute approximate surface area is 49.0 Å². The predicted molar refractivity (Wildman–Crippen MR) is 30.4 cm³/mol. The van der Waals surface area contributed by atoms with Crippen molar-refractivity contribution in [2.45, 2.75) is 25.0 Å². The van der Waals surface area contributed by atoms with E-state index in [4.69, 9.17) is 10.5 Å². The Morgan fingerprint density at radius 3 is 2.38 bits per heavy atom. The second kappa shape index (κ2) is 1.45. The van der Waals surface area contributed by atoms with Gasteiger partial charge >= 0.3 is 0 Å². The summed E-state index contributed by atoms with van der Waals surface area (Å²) in [5, 5.41) is 0. The number of hydrogen-bond donors (Lipinski definition) is 1. The van der Waals surface area contributed by atoms with Crippen molar-refractivity contribution in [1.29, 1.82) is 0 Å². The van der Waals surface area contributed by atoms with E-state index in [1.165, 1.54) is 12.8 Å². The fraction of sp³-hybridized carbons (Fsp3) is 1.00. The number of fused-ring (bicyclic) bond motifs is 2. The van der Waals surface area contributed by atoms with E-state index in [-0.39, 0.29) is 0 Å². The van der Waals surface area contributed by atoms with Crippen molar-refractivity contribution in [2.24, 2.45) is 11.7 Å². The molecule has 8 heavy (non-hydrogen) atoms. The van der Waals surface area contributed by atoms with Gasteiger partial charge in [0.1, 0.15) is 0 Å². The summed E-state index contributed by atoms with van der Waals surface area (Å²) >= 11 is 0. The molecule has 0 radical (unpaired) electrons. The maximum absolute atomic E-state index is 5.69. The minimum atomic E-state index is 0.347. The van der Waals surface area contributed by atoms with Gasteiger partial charge in [-0.2, -0.15) is 0 Å². The number of nitrogens with two attached hydrogens (primary N) is 1. The summed E-state index contributed by atoms with van der Waals surface area (Å²) in [6.45, 7) is 0.801. The first-order valence-corrected chi connectivity index (χ1v) is 3.23. The molecular weight excluding hydrogens is 102 g/mol. The summed E-state index contributed by atoms with van der Waals surface area (Å²) in [4.78, 5) is 0. The smallest absolute Gasteiger partial charge is 0.0624 e. The molecule has 0 aromatic heterocycles. The molecule has 0 amide bonds. The molecule has 2 saturated heterocycles. The Morgan fingerprint density at radius 2 is 2.12 bits per heavy atom. The van der Waals surface area contributed by atoms with Gasteiger partial charge in [0.25, 0.3) is 0 Å². The quantitative estimate of drug-likeness (QED) is 0.484. The molecule has 3 rings (SSSR count). The van der Waals surface area contributed by atoms with Gasteiger partial charge in [-0.05, 0) is 18.8 Å². The Balaban J connectivity index is 2.01. The zero-order chi connectivity index (χ0) is 5.56. The van der Waals surface area contributed by atoms with Crippen LogP contribution in [0.15, 0.2) is 0 Å². The minimum absolute atomic E-state index is 0.347. The van der Waals surface area contributed by atoms with Gasteiger partial charge in [0.05, 0.1) is 12.7 Å². The van der Waals surface area contributed by atoms with Gasteiger partial charge in [-0.15, -0.1) is 0 Å². The van der Waals surface area contributed by atoms with E-state index in [9.17, 15) is 0 Å². The van der Waals surface area contributed by atoms with Crippen LogP contribution >= 0.6 is 0 Å². The lowest BCUT2D eigenvalue weighted by Gasteiger charge is -2.44. The standard InChI is InChI=1S/C6H11NO/c7-6-3-8-5-1-4(6)2-5/h4-6H,1-3,7H2. The van der Waals surface area contributed by atoms with E-state index in [0.717, 1.165) is 12.5 Å². The molecule has 0 spiro atoms. The zero-order valence-electron chi connectivity index (χ0n) is 4.84. The molecule has 1 unspecified atom stereocenters. The van der Waals surface area contributed by atoms with Gasteiger partial charge in [-0.3, -0.25) is 0 Å². The van der Waals surface area contributed by atoms with Crippen LogP contribution in [0, 0.1) is 5.92 Å². The topological polar surface area (TPSA) is 35.2 Å². The molecule has 3 aliphatic rings. The Kier molecular flexibility index (Phi) is 0.866. The summed E-state index contributed by atoms with van der Waals surface area (Å²) < 4.78 is 5.33. The summed E-state index contributed by atoms with van der Waals surface area (Å²) in [7, 11) is 0. The van der Waals surface area contributed by atoms with Crippen LogP contribution in [0.3, 0.4) is 0 Å². The first-order valence-electron chi connectivity index (χ1n) is 3.23. The van der Waals surface area contributed by atoms with Crippen LogP contribution in [0.25, 0.3) is 0 Å². The monoisotopic (exact) mass is 113 g/mol. The zero-order valence-corrected chi connectivity index (χ0v) is 4.84. The van der Waals surface area contributed by atoms with Gasteiger partial charge in [0, 0.05) is 6.04 Å². The summed E-state index contributed by atoms with van der Waals surface area (Å²) in [5.74, 6) is 0.800. The van der Waals surface area contributed by atoms with Gasteiger partial charge in [0.15, 0.2) is 0 Å². The molecule has 2 N–H and O–H groups in total. The highest BCUT2D eigenvalue weighted by atomic mass is 16.5. The summed E-state index contributed by atoms with van der Waals surface area (Å²) in [5.41, 5.74) is 5.69. The Hall–Kier alpha value is -0.0800. The molecule has 1 atom stereocenters. The molecule has 2 bridgehead atoms. The summed E-state index contributed by atoms with van der Waals surface area (Å²) in [6.07, 6.45) is 3.03. The Morgan fingerprint density at radius 1 is 1.38 bits per heavy atom. The van der Waals surface area contributed by atoms with E-state index < -0.39 is 0 Å². The van der Waals surface area contributed by atoms with E-state index >= 15 is 0 Å². The van der Waals surface area contributed by atoms with Crippen molar-refractivity contribution in [3.8, 4) is 0 Å². The van der Waals surface area contributed by atoms with Crippen LogP contribution in [0.4, 0.5) is 0 Å². The number of hydrogen-bond acceptors (Lipinski definition) is 2. The van der Waals surface area contributed by atoms with Crippen LogP contribution < -0.4 is 5.73 Å². The van der Waals surface area contributed by atoms with Crippen LogP contribution in [-0.2, 0) is 4.74 Å². The minimum Gasteiger partial charge on any atom is -0.377 e. The first kappa shape index (κ1) is 4.77. The van der Waals surface area contributed by atoms with Gasteiger partial charge < -0.3 is 10.5 Å². The molecule has 2 nitrogen and oxygen atoms in total. The lowest BCUT2D eigenvalue weighted by Crippen LogP contribution is -2.52. The Bertz CT molecular complexity index is 93.2. The van der Waals surface area contributed by atoms with Gasteiger partial charge in [-0.1, -0.05) is 0 Å². The second-order valence-electron chi connectivity index (χ2n) is 2.85. The molecule has 0 aromatic carbocycles. The lowest BCUT2D eigenvalue weighted by molar-refractivity contribution is -0.101. The molecule has 2 heterocycles. The van der Waals surface area contributed by atoms with E-state index in [1.54, 1.807) is 0 Å². The SMILES string of the molecule is NC1COC2CC1C2. The molecular formula is C6H11NO. The lowest BCUT2D eigenvalue weighted by atomic mass is 9.75.